The van der Waals surface area contributed by atoms with Gasteiger partial charge in [-0.15, -0.1) is 0 Å². The molecule has 0 aromatic heterocycles. The Balaban J connectivity index is 2.12. The second-order valence-electron chi connectivity index (χ2n) is 1.45. The van der Waals surface area contributed by atoms with Crippen LogP contribution in [0.5, 0.6) is 0 Å². The molecule has 1 saturated heterocycles. The van der Waals surface area contributed by atoms with Gasteiger partial charge in [-0.25, -0.2) is 4.31 Å². The van der Waals surface area contributed by atoms with Crippen molar-refractivity contribution in [2.75, 3.05) is 19.7 Å². The summed E-state index contributed by atoms with van der Waals surface area (Å²) in [4.78, 5) is 0. The Kier molecular flexibility index (Phi) is 1.97. The molecule has 0 N–H and O–H groups in total. The van der Waals surface area contributed by atoms with E-state index in [2.05, 4.69) is 12.8 Å². The monoisotopic (exact) mass is 118 g/mol. The maximum atomic E-state index is 4.92. The molecular formula is C4H8NOS. The second-order valence-corrected chi connectivity index (χ2v) is 2.02. The van der Waals surface area contributed by atoms with E-state index < -0.39 is 0 Å². The molecule has 0 aromatic rings. The standard InChI is InChI=1S/C4H8NOS/c7-5-1-3-6-4-2-5/h3,7H,1-2,4H2. The molecule has 0 aromatic carbocycles. The van der Waals surface area contributed by atoms with Crippen LogP contribution in [0.4, 0.5) is 0 Å². The van der Waals surface area contributed by atoms with Crippen molar-refractivity contribution < 1.29 is 4.74 Å². The van der Waals surface area contributed by atoms with E-state index in [0.29, 0.717) is 0 Å². The Morgan fingerprint density at radius 2 is 2.57 bits per heavy atom. The zero-order chi connectivity index (χ0) is 5.11. The molecule has 2 nitrogen and oxygen atoms in total. The molecule has 1 fully saturated rings. The Bertz CT molecular complexity index is 53.7. The van der Waals surface area contributed by atoms with Crippen molar-refractivity contribution in [2.24, 2.45) is 0 Å². The maximum Gasteiger partial charge on any atom is 0.0986 e. The van der Waals surface area contributed by atoms with Crippen molar-refractivity contribution in [2.45, 2.75) is 0 Å². The number of ether oxygens (including phenoxy) is 1. The zero-order valence-corrected chi connectivity index (χ0v) is 4.90. The summed E-state index contributed by atoms with van der Waals surface area (Å²) in [5, 5.41) is 0. The first-order valence-corrected chi connectivity index (χ1v) is 2.67. The number of morpholine rings is 1. The lowest BCUT2D eigenvalue weighted by atomic mass is 10.5. The normalized spacial score (nSPS) is 25.3. The quantitative estimate of drug-likeness (QED) is 0.460. The van der Waals surface area contributed by atoms with Gasteiger partial charge in [-0.3, -0.25) is 0 Å². The topological polar surface area (TPSA) is 12.5 Å². The third kappa shape index (κ3) is 1.67. The van der Waals surface area contributed by atoms with Crippen LogP contribution in [0.1, 0.15) is 0 Å². The minimum Gasteiger partial charge on any atom is -0.373 e. The fourth-order valence-electron chi connectivity index (χ4n) is 0.471. The summed E-state index contributed by atoms with van der Waals surface area (Å²) in [6.07, 6.45) is 0. The summed E-state index contributed by atoms with van der Waals surface area (Å²) in [5.74, 6) is 0. The van der Waals surface area contributed by atoms with E-state index in [0.717, 1.165) is 19.7 Å². The molecule has 3 heteroatoms. The van der Waals surface area contributed by atoms with Gasteiger partial charge in [-0.1, -0.05) is 12.8 Å². The lowest BCUT2D eigenvalue weighted by Crippen LogP contribution is -2.25. The molecule has 0 saturated carbocycles. The van der Waals surface area contributed by atoms with Crippen molar-refractivity contribution in [3.8, 4) is 0 Å². The highest BCUT2D eigenvalue weighted by Crippen LogP contribution is 2.00. The summed E-state index contributed by atoms with van der Waals surface area (Å²) in [7, 11) is 0. The zero-order valence-electron chi connectivity index (χ0n) is 4.00. The van der Waals surface area contributed by atoms with Gasteiger partial charge in [0, 0.05) is 13.1 Å². The minimum atomic E-state index is 0.781. The van der Waals surface area contributed by atoms with Gasteiger partial charge in [0.25, 0.3) is 0 Å². The number of hydrogen-bond acceptors (Lipinski definition) is 3. The summed E-state index contributed by atoms with van der Waals surface area (Å²) >= 11 is 4.08. The van der Waals surface area contributed by atoms with Gasteiger partial charge in [0.1, 0.15) is 0 Å². The lowest BCUT2D eigenvalue weighted by Gasteiger charge is -2.19. The number of nitrogens with zero attached hydrogens (tertiary/aromatic N) is 1. The van der Waals surface area contributed by atoms with Crippen molar-refractivity contribution in [1.82, 2.24) is 4.31 Å². The summed E-state index contributed by atoms with van der Waals surface area (Å²) in [6.45, 7) is 4.31. The molecule has 1 rings (SSSR count). The largest absolute Gasteiger partial charge is 0.373 e. The van der Waals surface area contributed by atoms with Crippen molar-refractivity contribution in [3.05, 3.63) is 6.61 Å². The van der Waals surface area contributed by atoms with Gasteiger partial charge in [0.15, 0.2) is 0 Å². The van der Waals surface area contributed by atoms with E-state index in [1.807, 2.05) is 4.31 Å². The predicted octanol–water partition coefficient (Wildman–Crippen LogP) is 0.325. The molecule has 0 bridgehead atoms. The van der Waals surface area contributed by atoms with E-state index in [9.17, 15) is 0 Å². The van der Waals surface area contributed by atoms with Crippen LogP contribution in [0.2, 0.25) is 0 Å². The fourth-order valence-corrected chi connectivity index (χ4v) is 0.620. The van der Waals surface area contributed by atoms with Crippen LogP contribution in [0, 0.1) is 6.61 Å². The SMILES string of the molecule is SN1C[CH]OCC1. The lowest BCUT2D eigenvalue weighted by molar-refractivity contribution is 0.133. The summed E-state index contributed by atoms with van der Waals surface area (Å²) in [5.41, 5.74) is 0. The van der Waals surface area contributed by atoms with Gasteiger partial charge in [0.05, 0.1) is 13.2 Å². The van der Waals surface area contributed by atoms with Gasteiger partial charge < -0.3 is 4.74 Å². The number of rotatable bonds is 0. The van der Waals surface area contributed by atoms with Gasteiger partial charge in [-0.05, 0) is 0 Å². The Morgan fingerprint density at radius 3 is 2.86 bits per heavy atom. The molecule has 0 atom stereocenters. The molecule has 1 aliphatic rings. The van der Waals surface area contributed by atoms with Crippen molar-refractivity contribution >= 4 is 12.8 Å². The smallest absolute Gasteiger partial charge is 0.0986 e. The Hall–Kier alpha value is 0.270. The van der Waals surface area contributed by atoms with Crippen LogP contribution in [0.3, 0.4) is 0 Å². The van der Waals surface area contributed by atoms with E-state index in [1.165, 1.54) is 0 Å². The van der Waals surface area contributed by atoms with Crippen LogP contribution < -0.4 is 0 Å². The van der Waals surface area contributed by atoms with Gasteiger partial charge in [0.2, 0.25) is 0 Å². The summed E-state index contributed by atoms with van der Waals surface area (Å²) in [6, 6.07) is 0. The number of thiol groups is 1. The van der Waals surface area contributed by atoms with Crippen LogP contribution in [-0.2, 0) is 4.74 Å². The first kappa shape index (κ1) is 5.41. The first-order chi connectivity index (χ1) is 3.39. The third-order valence-corrected chi connectivity index (χ3v) is 1.23. The van der Waals surface area contributed by atoms with Crippen molar-refractivity contribution in [1.29, 1.82) is 0 Å². The highest BCUT2D eigenvalue weighted by molar-refractivity contribution is 7.77. The van der Waals surface area contributed by atoms with Crippen molar-refractivity contribution in [3.63, 3.8) is 0 Å². The third-order valence-electron chi connectivity index (χ3n) is 0.870. The molecule has 1 heterocycles. The van der Waals surface area contributed by atoms with Gasteiger partial charge in [-0.2, -0.15) is 0 Å². The molecule has 1 radical (unpaired) electrons. The van der Waals surface area contributed by atoms with Crippen LogP contribution in [-0.4, -0.2) is 24.0 Å². The minimum absolute atomic E-state index is 0.781. The van der Waals surface area contributed by atoms with Crippen LogP contribution in [0.25, 0.3) is 0 Å². The predicted molar refractivity (Wildman–Crippen MR) is 30.8 cm³/mol. The van der Waals surface area contributed by atoms with Crippen LogP contribution >= 0.6 is 12.8 Å². The highest BCUT2D eigenvalue weighted by atomic mass is 32.1. The van der Waals surface area contributed by atoms with E-state index in [4.69, 9.17) is 4.74 Å². The maximum absolute atomic E-state index is 4.92. The summed E-state index contributed by atoms with van der Waals surface area (Å²) < 4.78 is 6.83. The molecule has 0 aliphatic carbocycles. The molecule has 0 amide bonds. The van der Waals surface area contributed by atoms with E-state index in [-0.39, 0.29) is 0 Å². The first-order valence-electron chi connectivity index (χ1n) is 2.27. The molecular weight excluding hydrogens is 110 g/mol. The second kappa shape index (κ2) is 2.55. The molecule has 1 aliphatic heterocycles. The molecule has 0 unspecified atom stereocenters. The molecule has 0 spiro atoms. The Morgan fingerprint density at radius 1 is 1.71 bits per heavy atom. The Labute approximate surface area is 49.0 Å². The number of hydrogen-bond donors (Lipinski definition) is 1. The molecule has 7 heavy (non-hydrogen) atoms. The highest BCUT2D eigenvalue weighted by Gasteiger charge is 2.04. The van der Waals surface area contributed by atoms with Gasteiger partial charge >= 0.3 is 0 Å². The average Bonchev–Trinajstić information content (AvgIpc) is 1.69. The average molecular weight is 118 g/mol. The molecule has 41 valence electrons. The van der Waals surface area contributed by atoms with Crippen LogP contribution in [0.15, 0.2) is 0 Å². The fraction of sp³-hybridized carbons (Fsp3) is 0.750. The van der Waals surface area contributed by atoms with E-state index >= 15 is 0 Å². The van der Waals surface area contributed by atoms with E-state index in [1.54, 1.807) is 6.61 Å².